The van der Waals surface area contributed by atoms with Gasteiger partial charge in [0.15, 0.2) is 5.11 Å². The minimum Gasteiger partial charge on any atom is -0.494 e. The maximum atomic E-state index is 11.9. The molecule has 0 aliphatic rings. The van der Waals surface area contributed by atoms with Gasteiger partial charge in [-0.3, -0.25) is 20.4 Å². The lowest BCUT2D eigenvalue weighted by Gasteiger charge is -2.11. The van der Waals surface area contributed by atoms with Gasteiger partial charge in [-0.05, 0) is 55.5 Å². The van der Waals surface area contributed by atoms with Crippen molar-refractivity contribution in [2.45, 2.75) is 13.3 Å². The molecular weight excluding hydrogens is 352 g/mol. The van der Waals surface area contributed by atoms with E-state index in [0.717, 1.165) is 5.69 Å². The quantitative estimate of drug-likeness (QED) is 0.354. The lowest BCUT2D eigenvalue weighted by Crippen LogP contribution is -2.44. The Bertz CT molecular complexity index is 751. The average Bonchev–Trinajstić information content (AvgIpc) is 2.63. The monoisotopic (exact) mass is 372 g/mol. The van der Waals surface area contributed by atoms with Gasteiger partial charge >= 0.3 is 0 Å². The van der Waals surface area contributed by atoms with Crippen molar-refractivity contribution in [1.29, 1.82) is 0 Å². The summed E-state index contributed by atoms with van der Waals surface area (Å²) in [6, 6.07) is 16.2. The summed E-state index contributed by atoms with van der Waals surface area (Å²) in [5.74, 6) is -0.229. The Morgan fingerprint density at radius 1 is 0.885 bits per heavy atom. The van der Waals surface area contributed by atoms with Crippen LogP contribution in [-0.2, 0) is 9.59 Å². The molecule has 7 nitrogen and oxygen atoms in total. The topological polar surface area (TPSA) is 91.5 Å². The molecule has 2 aromatic rings. The number of para-hydroxylation sites is 1. The van der Waals surface area contributed by atoms with E-state index in [1.165, 1.54) is 0 Å². The van der Waals surface area contributed by atoms with Crippen LogP contribution in [0.25, 0.3) is 0 Å². The van der Waals surface area contributed by atoms with Gasteiger partial charge in [0, 0.05) is 11.4 Å². The summed E-state index contributed by atoms with van der Waals surface area (Å²) in [5, 5.41) is 5.76. The van der Waals surface area contributed by atoms with Crippen LogP contribution in [0.4, 0.5) is 11.4 Å². The summed E-state index contributed by atoms with van der Waals surface area (Å²) in [5.41, 5.74) is 6.29. The molecule has 0 saturated heterocycles. The van der Waals surface area contributed by atoms with Crippen LogP contribution in [0.3, 0.4) is 0 Å². The summed E-state index contributed by atoms with van der Waals surface area (Å²) < 4.78 is 5.32. The summed E-state index contributed by atoms with van der Waals surface area (Å²) in [6.45, 7) is 2.46. The van der Waals surface area contributed by atoms with Crippen molar-refractivity contribution < 1.29 is 14.3 Å². The lowest BCUT2D eigenvalue weighted by molar-refractivity contribution is -0.127. The molecule has 2 aromatic carbocycles. The number of ether oxygens (including phenoxy) is 1. The molecule has 0 unspecified atom stereocenters. The van der Waals surface area contributed by atoms with Crippen molar-refractivity contribution in [2.24, 2.45) is 0 Å². The number of amides is 2. The van der Waals surface area contributed by atoms with E-state index in [4.69, 9.17) is 17.0 Å². The van der Waals surface area contributed by atoms with Crippen LogP contribution < -0.4 is 26.2 Å². The van der Waals surface area contributed by atoms with Crippen LogP contribution in [0.1, 0.15) is 13.3 Å². The van der Waals surface area contributed by atoms with Crippen LogP contribution in [0, 0.1) is 0 Å². The van der Waals surface area contributed by atoms with E-state index in [1.54, 1.807) is 24.3 Å². The zero-order valence-corrected chi connectivity index (χ0v) is 15.1. The number of hydrogen-bond acceptors (Lipinski definition) is 4. The summed E-state index contributed by atoms with van der Waals surface area (Å²) in [7, 11) is 0. The van der Waals surface area contributed by atoms with Gasteiger partial charge in [0.1, 0.15) is 12.2 Å². The minimum atomic E-state index is -0.509. The second kappa shape index (κ2) is 10.00. The zero-order valence-electron chi connectivity index (χ0n) is 14.2. The molecule has 0 aromatic heterocycles. The minimum absolute atomic E-state index is 0.219. The number of nitrogens with one attached hydrogen (secondary N) is 4. The molecule has 4 N–H and O–H groups in total. The van der Waals surface area contributed by atoms with Crippen molar-refractivity contribution in [2.75, 3.05) is 17.2 Å². The van der Waals surface area contributed by atoms with Crippen molar-refractivity contribution >= 4 is 40.5 Å². The van der Waals surface area contributed by atoms with Gasteiger partial charge in [0.05, 0.1) is 6.61 Å². The van der Waals surface area contributed by atoms with E-state index >= 15 is 0 Å². The highest BCUT2D eigenvalue weighted by atomic mass is 32.1. The van der Waals surface area contributed by atoms with Crippen LogP contribution in [-0.4, -0.2) is 23.5 Å². The molecule has 0 spiro atoms. The molecule has 2 rings (SSSR count). The van der Waals surface area contributed by atoms with E-state index in [0.29, 0.717) is 18.0 Å². The highest BCUT2D eigenvalue weighted by Crippen LogP contribution is 2.15. The number of hydrogen-bond donors (Lipinski definition) is 4. The molecule has 0 atom stereocenters. The first-order valence-electron chi connectivity index (χ1n) is 8.00. The number of rotatable bonds is 6. The summed E-state index contributed by atoms with van der Waals surface area (Å²) in [4.78, 5) is 23.7. The van der Waals surface area contributed by atoms with E-state index < -0.39 is 11.8 Å². The highest BCUT2D eigenvalue weighted by molar-refractivity contribution is 7.80. The molecule has 0 saturated carbocycles. The second-order valence-electron chi connectivity index (χ2n) is 5.18. The molecule has 136 valence electrons. The van der Waals surface area contributed by atoms with Gasteiger partial charge in [-0.2, -0.15) is 0 Å². The molecule has 0 aliphatic carbocycles. The standard InChI is InChI=1S/C18H20N4O3S/c1-2-25-15-10-8-14(9-11-15)19-16(23)12-17(24)21-22-18(26)20-13-6-4-3-5-7-13/h3-11H,2,12H2,1H3,(H,19,23)(H,21,24)(H2,20,22,26). The Kier molecular flexibility index (Phi) is 7.38. The first kappa shape index (κ1) is 19.2. The third-order valence-electron chi connectivity index (χ3n) is 3.12. The number of anilines is 2. The Hall–Kier alpha value is -3.13. The Labute approximate surface area is 157 Å². The molecular formula is C18H20N4O3S. The number of carbonyl (C=O) groups excluding carboxylic acids is 2. The van der Waals surface area contributed by atoms with E-state index in [-0.39, 0.29) is 11.5 Å². The first-order valence-corrected chi connectivity index (χ1v) is 8.41. The first-order chi connectivity index (χ1) is 12.6. The van der Waals surface area contributed by atoms with Gasteiger partial charge in [-0.15, -0.1) is 0 Å². The Morgan fingerprint density at radius 2 is 1.54 bits per heavy atom. The number of hydrazine groups is 1. The van der Waals surface area contributed by atoms with Crippen molar-refractivity contribution in [3.63, 3.8) is 0 Å². The third kappa shape index (κ3) is 6.78. The maximum absolute atomic E-state index is 11.9. The second-order valence-corrected chi connectivity index (χ2v) is 5.58. The molecule has 2 amide bonds. The highest BCUT2D eigenvalue weighted by Gasteiger charge is 2.10. The molecule has 0 fully saturated rings. The van der Waals surface area contributed by atoms with Crippen molar-refractivity contribution in [3.8, 4) is 5.75 Å². The molecule has 26 heavy (non-hydrogen) atoms. The molecule has 0 heterocycles. The van der Waals surface area contributed by atoms with Crippen LogP contribution >= 0.6 is 12.2 Å². The molecule has 8 heteroatoms. The van der Waals surface area contributed by atoms with E-state index in [9.17, 15) is 9.59 Å². The number of thiocarbonyl (C=S) groups is 1. The van der Waals surface area contributed by atoms with Crippen LogP contribution in [0.15, 0.2) is 54.6 Å². The summed E-state index contributed by atoms with van der Waals surface area (Å²) in [6.07, 6.45) is -0.339. The number of benzene rings is 2. The maximum Gasteiger partial charge on any atom is 0.247 e. The smallest absolute Gasteiger partial charge is 0.247 e. The van der Waals surface area contributed by atoms with E-state index in [1.807, 2.05) is 37.3 Å². The van der Waals surface area contributed by atoms with Crippen molar-refractivity contribution in [1.82, 2.24) is 10.9 Å². The summed E-state index contributed by atoms with van der Waals surface area (Å²) >= 11 is 5.06. The molecule has 0 bridgehead atoms. The predicted molar refractivity (Wildman–Crippen MR) is 105 cm³/mol. The fraction of sp³-hybridized carbons (Fsp3) is 0.167. The van der Waals surface area contributed by atoms with Crippen LogP contribution in [0.2, 0.25) is 0 Å². The average molecular weight is 372 g/mol. The largest absolute Gasteiger partial charge is 0.494 e. The normalized spacial score (nSPS) is 9.73. The van der Waals surface area contributed by atoms with Gasteiger partial charge < -0.3 is 15.4 Å². The van der Waals surface area contributed by atoms with E-state index in [2.05, 4.69) is 21.5 Å². The lowest BCUT2D eigenvalue weighted by atomic mass is 10.3. The fourth-order valence-electron chi connectivity index (χ4n) is 2.01. The SMILES string of the molecule is CCOc1ccc(NC(=O)CC(=O)NNC(=S)Nc2ccccc2)cc1. The Morgan fingerprint density at radius 3 is 2.19 bits per heavy atom. The Balaban J connectivity index is 1.71. The fourth-order valence-corrected chi connectivity index (χ4v) is 2.18. The molecule has 0 aliphatic heterocycles. The van der Waals surface area contributed by atoms with Gasteiger partial charge in [0.25, 0.3) is 0 Å². The van der Waals surface area contributed by atoms with Gasteiger partial charge in [0.2, 0.25) is 11.8 Å². The van der Waals surface area contributed by atoms with Crippen molar-refractivity contribution in [3.05, 3.63) is 54.6 Å². The van der Waals surface area contributed by atoms with Crippen LogP contribution in [0.5, 0.6) is 5.75 Å². The number of carbonyl (C=O) groups is 2. The molecule has 0 radical (unpaired) electrons. The van der Waals surface area contributed by atoms with Gasteiger partial charge in [-0.25, -0.2) is 0 Å². The predicted octanol–water partition coefficient (Wildman–Crippen LogP) is 2.43. The van der Waals surface area contributed by atoms with Gasteiger partial charge in [-0.1, -0.05) is 18.2 Å². The zero-order chi connectivity index (χ0) is 18.8. The third-order valence-corrected chi connectivity index (χ3v) is 3.32.